The van der Waals surface area contributed by atoms with E-state index in [-0.39, 0.29) is 5.91 Å². The van der Waals surface area contributed by atoms with Crippen molar-refractivity contribution in [1.82, 2.24) is 5.32 Å². The Kier molecular flexibility index (Phi) is 14.8. The third-order valence-corrected chi connectivity index (χ3v) is 7.89. The van der Waals surface area contributed by atoms with Gasteiger partial charge in [0.2, 0.25) is 5.91 Å². The molecule has 0 aromatic heterocycles. The summed E-state index contributed by atoms with van der Waals surface area (Å²) >= 11 is 1.81. The second-order valence-corrected chi connectivity index (χ2v) is 11.1. The highest BCUT2D eigenvalue weighted by Crippen LogP contribution is 2.20. The summed E-state index contributed by atoms with van der Waals surface area (Å²) in [4.78, 5) is 11.8. The summed E-state index contributed by atoms with van der Waals surface area (Å²) in [5, 5.41) is 3.01. The standard InChI is InChI=1S/C18H40N2O4SSi/c1-7-22-26(23-8-2,24-9-3)17-11-15-25-16-12-18(21)19-13-10-14-20(4,5)6/h7-17H2,1-6H3/p+1. The first kappa shape index (κ1) is 25.9. The van der Waals surface area contributed by atoms with E-state index in [1.165, 1.54) is 0 Å². The topological polar surface area (TPSA) is 56.8 Å². The van der Waals surface area contributed by atoms with Crippen LogP contribution in [-0.4, -0.2) is 84.8 Å². The van der Waals surface area contributed by atoms with Gasteiger partial charge in [-0.1, -0.05) is 0 Å². The van der Waals surface area contributed by atoms with Crippen LogP contribution < -0.4 is 5.32 Å². The number of hydrogen-bond acceptors (Lipinski definition) is 5. The summed E-state index contributed by atoms with van der Waals surface area (Å²) in [5.41, 5.74) is 0. The van der Waals surface area contributed by atoms with Crippen LogP contribution in [0.5, 0.6) is 0 Å². The van der Waals surface area contributed by atoms with E-state index in [0.29, 0.717) is 26.2 Å². The molecule has 8 heteroatoms. The summed E-state index contributed by atoms with van der Waals surface area (Å²) in [5.74, 6) is 2.00. The van der Waals surface area contributed by atoms with Gasteiger partial charge in [-0.15, -0.1) is 0 Å². The number of nitrogens with zero attached hydrogens (tertiary/aromatic N) is 1. The molecule has 6 nitrogen and oxygen atoms in total. The minimum absolute atomic E-state index is 0.153. The number of rotatable bonds is 17. The van der Waals surface area contributed by atoms with Gasteiger partial charge in [0, 0.05) is 51.0 Å². The van der Waals surface area contributed by atoms with Gasteiger partial charge >= 0.3 is 8.80 Å². The Morgan fingerprint density at radius 1 is 0.962 bits per heavy atom. The molecule has 0 aliphatic carbocycles. The highest BCUT2D eigenvalue weighted by molar-refractivity contribution is 7.99. The molecule has 26 heavy (non-hydrogen) atoms. The van der Waals surface area contributed by atoms with E-state index >= 15 is 0 Å². The molecule has 0 rings (SSSR count). The molecule has 0 saturated carbocycles. The lowest BCUT2D eigenvalue weighted by atomic mass is 10.3. The first-order valence-electron chi connectivity index (χ1n) is 9.85. The van der Waals surface area contributed by atoms with Crippen molar-refractivity contribution in [2.45, 2.75) is 46.1 Å². The number of amides is 1. The number of hydrogen-bond donors (Lipinski definition) is 1. The van der Waals surface area contributed by atoms with Crippen molar-refractivity contribution in [3.8, 4) is 0 Å². The monoisotopic (exact) mass is 409 g/mol. The smallest absolute Gasteiger partial charge is 0.374 e. The third-order valence-electron chi connectivity index (χ3n) is 3.67. The second kappa shape index (κ2) is 14.9. The van der Waals surface area contributed by atoms with Crippen molar-refractivity contribution in [1.29, 1.82) is 0 Å². The summed E-state index contributed by atoms with van der Waals surface area (Å²) in [7, 11) is 3.99. The summed E-state index contributed by atoms with van der Waals surface area (Å²) in [6.07, 6.45) is 2.59. The van der Waals surface area contributed by atoms with Crippen LogP contribution in [0.25, 0.3) is 0 Å². The minimum atomic E-state index is -2.51. The number of carbonyl (C=O) groups is 1. The maximum absolute atomic E-state index is 11.8. The van der Waals surface area contributed by atoms with Gasteiger partial charge in [-0.25, -0.2) is 0 Å². The SMILES string of the molecule is CCO[Si](CCCSCCC(=O)NCCC[N+](C)(C)C)(OCC)OCC. The summed E-state index contributed by atoms with van der Waals surface area (Å²) < 4.78 is 18.5. The maximum Gasteiger partial charge on any atom is 0.500 e. The van der Waals surface area contributed by atoms with Crippen LogP contribution in [0.1, 0.15) is 40.0 Å². The van der Waals surface area contributed by atoms with Crippen molar-refractivity contribution in [3.05, 3.63) is 0 Å². The first-order valence-corrected chi connectivity index (χ1v) is 12.9. The van der Waals surface area contributed by atoms with Crippen LogP contribution in [0.3, 0.4) is 0 Å². The second-order valence-electron chi connectivity index (χ2n) is 7.17. The minimum Gasteiger partial charge on any atom is -0.374 e. The quantitative estimate of drug-likeness (QED) is 0.227. The predicted octanol–water partition coefficient (Wildman–Crippen LogP) is 2.76. The molecular weight excluding hydrogens is 368 g/mol. The Balaban J connectivity index is 3.84. The van der Waals surface area contributed by atoms with Crippen molar-refractivity contribution in [2.24, 2.45) is 0 Å². The number of carbonyl (C=O) groups excluding carboxylic acids is 1. The molecule has 0 aromatic rings. The first-order chi connectivity index (χ1) is 12.3. The fraction of sp³-hybridized carbons (Fsp3) is 0.944. The van der Waals surface area contributed by atoms with Gasteiger partial charge in [0.15, 0.2) is 0 Å². The molecule has 1 amide bonds. The maximum atomic E-state index is 11.8. The van der Waals surface area contributed by atoms with Gasteiger partial charge in [-0.2, -0.15) is 11.8 Å². The molecule has 1 N–H and O–H groups in total. The lowest BCUT2D eigenvalue weighted by Gasteiger charge is -2.28. The molecule has 0 aliphatic rings. The highest BCUT2D eigenvalue weighted by Gasteiger charge is 2.39. The average Bonchev–Trinajstić information content (AvgIpc) is 2.55. The number of thioether (sulfide) groups is 1. The van der Waals surface area contributed by atoms with E-state index < -0.39 is 8.80 Å². The molecule has 0 spiro atoms. The van der Waals surface area contributed by atoms with Crippen molar-refractivity contribution >= 4 is 26.5 Å². The van der Waals surface area contributed by atoms with Crippen molar-refractivity contribution in [2.75, 3.05) is 65.6 Å². The van der Waals surface area contributed by atoms with Crippen LogP contribution in [0.4, 0.5) is 0 Å². The van der Waals surface area contributed by atoms with Gasteiger partial charge in [-0.05, 0) is 32.9 Å². The van der Waals surface area contributed by atoms with E-state index in [1.807, 2.05) is 32.5 Å². The fourth-order valence-corrected chi connectivity index (χ4v) is 6.28. The number of quaternary nitrogens is 1. The molecule has 0 fully saturated rings. The van der Waals surface area contributed by atoms with Crippen LogP contribution in [-0.2, 0) is 18.1 Å². The Morgan fingerprint density at radius 2 is 1.54 bits per heavy atom. The summed E-state index contributed by atoms with van der Waals surface area (Å²) in [6.45, 7) is 9.63. The Labute approximate surface area is 166 Å². The Bertz CT molecular complexity index is 351. The van der Waals surface area contributed by atoms with E-state index in [2.05, 4.69) is 26.5 Å². The zero-order chi connectivity index (χ0) is 19.9. The molecule has 0 bridgehead atoms. The molecule has 0 saturated heterocycles. The normalized spacial score (nSPS) is 12.4. The van der Waals surface area contributed by atoms with Crippen LogP contribution >= 0.6 is 11.8 Å². The van der Waals surface area contributed by atoms with Gasteiger partial charge in [-0.3, -0.25) is 4.79 Å². The Hall–Kier alpha value is -0.123. The molecule has 0 aliphatic heterocycles. The average molecular weight is 410 g/mol. The Morgan fingerprint density at radius 3 is 2.04 bits per heavy atom. The lowest BCUT2D eigenvalue weighted by molar-refractivity contribution is -0.870. The fourth-order valence-electron chi connectivity index (χ4n) is 2.53. The molecule has 156 valence electrons. The molecule has 0 aromatic carbocycles. The van der Waals surface area contributed by atoms with E-state index in [9.17, 15) is 4.79 Å². The zero-order valence-electron chi connectivity index (χ0n) is 17.8. The van der Waals surface area contributed by atoms with Gasteiger partial charge < -0.3 is 23.1 Å². The van der Waals surface area contributed by atoms with Crippen LogP contribution in [0.15, 0.2) is 0 Å². The molecule has 0 atom stereocenters. The highest BCUT2D eigenvalue weighted by atomic mass is 32.2. The molecule has 0 unspecified atom stereocenters. The van der Waals surface area contributed by atoms with Gasteiger partial charge in [0.05, 0.1) is 27.7 Å². The van der Waals surface area contributed by atoms with Crippen LogP contribution in [0.2, 0.25) is 6.04 Å². The van der Waals surface area contributed by atoms with Gasteiger partial charge in [0.1, 0.15) is 0 Å². The third kappa shape index (κ3) is 14.0. The van der Waals surface area contributed by atoms with E-state index in [4.69, 9.17) is 13.3 Å². The largest absolute Gasteiger partial charge is 0.500 e. The molecule has 0 heterocycles. The summed E-state index contributed by atoms with van der Waals surface area (Å²) in [6, 6.07) is 0.840. The van der Waals surface area contributed by atoms with Gasteiger partial charge in [0.25, 0.3) is 0 Å². The lowest BCUT2D eigenvalue weighted by Crippen LogP contribution is -2.46. The van der Waals surface area contributed by atoms with E-state index in [1.54, 1.807) is 0 Å². The predicted molar refractivity (Wildman–Crippen MR) is 113 cm³/mol. The van der Waals surface area contributed by atoms with Crippen molar-refractivity contribution < 1.29 is 22.6 Å². The molecule has 0 radical (unpaired) electrons. The van der Waals surface area contributed by atoms with Crippen molar-refractivity contribution in [3.63, 3.8) is 0 Å². The van der Waals surface area contributed by atoms with E-state index in [0.717, 1.165) is 48.0 Å². The number of nitrogens with one attached hydrogen (secondary N) is 1. The zero-order valence-corrected chi connectivity index (χ0v) is 19.6. The molecular formula is C18H41N2O4SSi+. The van der Waals surface area contributed by atoms with Crippen LogP contribution in [0, 0.1) is 0 Å².